The lowest BCUT2D eigenvalue weighted by Crippen LogP contribution is -2.17. The van der Waals surface area contributed by atoms with Crippen molar-refractivity contribution in [1.29, 1.82) is 5.26 Å². The molecule has 0 aliphatic heterocycles. The third kappa shape index (κ3) is 3.79. The van der Waals surface area contributed by atoms with E-state index in [1.54, 1.807) is 7.11 Å². The van der Waals surface area contributed by atoms with E-state index >= 15 is 0 Å². The van der Waals surface area contributed by atoms with Gasteiger partial charge in [-0.3, -0.25) is 0 Å². The predicted molar refractivity (Wildman–Crippen MR) is 67.9 cm³/mol. The first-order chi connectivity index (χ1) is 8.60. The van der Waals surface area contributed by atoms with Gasteiger partial charge in [-0.2, -0.15) is 5.26 Å². The van der Waals surface area contributed by atoms with Crippen molar-refractivity contribution in [3.63, 3.8) is 0 Å². The highest BCUT2D eigenvalue weighted by atomic mass is 16.5. The van der Waals surface area contributed by atoms with E-state index < -0.39 is 0 Å². The molecule has 1 aromatic rings. The second-order valence-corrected chi connectivity index (χ2v) is 4.51. The number of hydrogen-bond acceptors (Lipinski definition) is 5. The Balaban J connectivity index is 2.80. The van der Waals surface area contributed by atoms with Crippen LogP contribution in [0, 0.1) is 11.3 Å². The zero-order valence-electron chi connectivity index (χ0n) is 11.6. The summed E-state index contributed by atoms with van der Waals surface area (Å²) >= 11 is 0. The molecule has 6 heteroatoms. The molecule has 6 nitrogen and oxygen atoms in total. The van der Waals surface area contributed by atoms with Gasteiger partial charge in [0.2, 0.25) is 0 Å². The first-order valence-corrected chi connectivity index (χ1v) is 6.06. The van der Waals surface area contributed by atoms with Gasteiger partial charge in [0.15, 0.2) is 0 Å². The van der Waals surface area contributed by atoms with E-state index in [1.165, 1.54) is 0 Å². The van der Waals surface area contributed by atoms with Gasteiger partial charge >= 0.3 is 0 Å². The first kappa shape index (κ1) is 14.6. The minimum Gasteiger partial charge on any atom is -0.375 e. The molecule has 1 rings (SSSR count). The summed E-state index contributed by atoms with van der Waals surface area (Å²) in [6.07, 6.45) is 1.17. The van der Waals surface area contributed by atoms with Crippen molar-refractivity contribution in [1.82, 2.24) is 19.9 Å². The average molecular weight is 251 g/mol. The van der Waals surface area contributed by atoms with Gasteiger partial charge in [-0.05, 0) is 34.0 Å². The van der Waals surface area contributed by atoms with E-state index in [0.717, 1.165) is 30.9 Å². The highest BCUT2D eigenvalue weighted by Crippen LogP contribution is 2.19. The minimum absolute atomic E-state index is 0.0947. The largest absolute Gasteiger partial charge is 0.375 e. The fourth-order valence-electron chi connectivity index (χ4n) is 1.82. The number of aromatic nitrogens is 3. The number of hydrogen-bond donors (Lipinski definition) is 0. The van der Waals surface area contributed by atoms with Crippen LogP contribution in [0.5, 0.6) is 0 Å². The van der Waals surface area contributed by atoms with Crippen LogP contribution in [0.15, 0.2) is 0 Å². The molecule has 1 heterocycles. The number of nitriles is 1. The predicted octanol–water partition coefficient (Wildman–Crippen LogP) is 1.00. The average Bonchev–Trinajstić information content (AvgIpc) is 2.71. The number of nitrogens with zero attached hydrogens (tertiary/aromatic N) is 5. The van der Waals surface area contributed by atoms with Crippen LogP contribution in [-0.4, -0.2) is 47.6 Å². The van der Waals surface area contributed by atoms with Crippen molar-refractivity contribution < 1.29 is 4.74 Å². The second kappa shape index (κ2) is 7.09. The number of rotatable bonds is 7. The zero-order valence-corrected chi connectivity index (χ0v) is 11.6. The topological polar surface area (TPSA) is 67.0 Å². The molecule has 1 unspecified atom stereocenters. The first-order valence-electron chi connectivity index (χ1n) is 6.06. The van der Waals surface area contributed by atoms with Gasteiger partial charge in [0.05, 0.1) is 24.3 Å². The monoisotopic (exact) mass is 251 g/mol. The lowest BCUT2D eigenvalue weighted by Gasteiger charge is -2.14. The molecule has 0 spiro atoms. The molecule has 0 aliphatic carbocycles. The highest BCUT2D eigenvalue weighted by Gasteiger charge is 2.18. The Bertz CT molecular complexity index is 407. The van der Waals surface area contributed by atoms with Crippen molar-refractivity contribution in [3.8, 4) is 6.07 Å². The van der Waals surface area contributed by atoms with Crippen LogP contribution in [0.1, 0.15) is 30.8 Å². The van der Waals surface area contributed by atoms with Crippen molar-refractivity contribution in [2.45, 2.75) is 32.4 Å². The summed E-state index contributed by atoms with van der Waals surface area (Å²) in [5, 5.41) is 17.0. The molecule has 0 radical (unpaired) electrons. The summed E-state index contributed by atoms with van der Waals surface area (Å²) in [4.78, 5) is 2.13. The Morgan fingerprint density at radius 1 is 1.50 bits per heavy atom. The molecule has 0 aromatic carbocycles. The van der Waals surface area contributed by atoms with Gasteiger partial charge in [0.25, 0.3) is 0 Å². The van der Waals surface area contributed by atoms with Gasteiger partial charge in [-0.25, -0.2) is 4.68 Å². The van der Waals surface area contributed by atoms with E-state index in [-0.39, 0.29) is 12.5 Å². The molecule has 0 amide bonds. The van der Waals surface area contributed by atoms with E-state index in [0.29, 0.717) is 0 Å². The maximum absolute atomic E-state index is 8.78. The van der Waals surface area contributed by atoms with Crippen LogP contribution >= 0.6 is 0 Å². The molecule has 0 saturated carbocycles. The minimum atomic E-state index is -0.0947. The quantitative estimate of drug-likeness (QED) is 0.723. The second-order valence-electron chi connectivity index (χ2n) is 4.51. The summed E-state index contributed by atoms with van der Waals surface area (Å²) in [6, 6.07) is 2.11. The van der Waals surface area contributed by atoms with E-state index in [4.69, 9.17) is 10.00 Å². The zero-order chi connectivity index (χ0) is 13.5. The molecular weight excluding hydrogens is 230 g/mol. The van der Waals surface area contributed by atoms with Crippen LogP contribution in [0.3, 0.4) is 0 Å². The standard InChI is InChI=1S/C12H21N5O/c1-10(18-4)12-11(6-7-13)14-15-17(12)9-5-8-16(2)3/h10H,5-6,8-9H2,1-4H3. The normalized spacial score (nSPS) is 12.7. The maximum Gasteiger partial charge on any atom is 0.103 e. The SMILES string of the molecule is COC(C)c1c(CC#N)nnn1CCCN(C)C. The van der Waals surface area contributed by atoms with Crippen molar-refractivity contribution in [2.24, 2.45) is 0 Å². The number of ether oxygens (including phenoxy) is 1. The molecule has 18 heavy (non-hydrogen) atoms. The van der Waals surface area contributed by atoms with Crippen LogP contribution < -0.4 is 0 Å². The number of aryl methyl sites for hydroxylation is 1. The lowest BCUT2D eigenvalue weighted by molar-refractivity contribution is 0.110. The Morgan fingerprint density at radius 2 is 2.22 bits per heavy atom. The third-order valence-corrected chi connectivity index (χ3v) is 2.81. The molecule has 0 N–H and O–H groups in total. The summed E-state index contributed by atoms with van der Waals surface area (Å²) in [6.45, 7) is 3.73. The summed E-state index contributed by atoms with van der Waals surface area (Å²) in [5.41, 5.74) is 1.63. The van der Waals surface area contributed by atoms with Crippen LogP contribution in [0.4, 0.5) is 0 Å². The Morgan fingerprint density at radius 3 is 2.78 bits per heavy atom. The van der Waals surface area contributed by atoms with Crippen LogP contribution in [0.25, 0.3) is 0 Å². The van der Waals surface area contributed by atoms with Gasteiger partial charge in [0, 0.05) is 13.7 Å². The Hall–Kier alpha value is -1.45. The van der Waals surface area contributed by atoms with E-state index in [9.17, 15) is 0 Å². The molecule has 1 aromatic heterocycles. The Kier molecular flexibility index (Phi) is 5.75. The van der Waals surface area contributed by atoms with E-state index in [1.807, 2.05) is 25.7 Å². The molecule has 0 aliphatic rings. The lowest BCUT2D eigenvalue weighted by atomic mass is 10.2. The third-order valence-electron chi connectivity index (χ3n) is 2.81. The maximum atomic E-state index is 8.78. The molecular formula is C12H21N5O. The van der Waals surface area contributed by atoms with Crippen molar-refractivity contribution >= 4 is 0 Å². The van der Waals surface area contributed by atoms with Gasteiger partial charge in [-0.1, -0.05) is 5.21 Å². The molecule has 0 saturated heterocycles. The summed E-state index contributed by atoms with van der Waals surface area (Å²) in [7, 11) is 5.74. The smallest absolute Gasteiger partial charge is 0.103 e. The van der Waals surface area contributed by atoms with Crippen molar-refractivity contribution in [2.75, 3.05) is 27.7 Å². The molecule has 0 bridgehead atoms. The summed E-state index contributed by atoms with van der Waals surface area (Å²) in [5.74, 6) is 0. The fraction of sp³-hybridized carbons (Fsp3) is 0.750. The highest BCUT2D eigenvalue weighted by molar-refractivity contribution is 5.16. The molecule has 1 atom stereocenters. The molecule has 0 fully saturated rings. The van der Waals surface area contributed by atoms with Crippen molar-refractivity contribution in [3.05, 3.63) is 11.4 Å². The fourth-order valence-corrected chi connectivity index (χ4v) is 1.82. The van der Waals surface area contributed by atoms with Gasteiger partial charge < -0.3 is 9.64 Å². The Labute approximate surface area is 108 Å². The van der Waals surface area contributed by atoms with Gasteiger partial charge in [-0.15, -0.1) is 5.10 Å². The van der Waals surface area contributed by atoms with Crippen LogP contribution in [0.2, 0.25) is 0 Å². The van der Waals surface area contributed by atoms with Gasteiger partial charge in [0.1, 0.15) is 5.69 Å². The number of methoxy groups -OCH3 is 1. The van der Waals surface area contributed by atoms with E-state index in [2.05, 4.69) is 21.3 Å². The molecule has 100 valence electrons. The summed E-state index contributed by atoms with van der Waals surface area (Å²) < 4.78 is 7.18. The van der Waals surface area contributed by atoms with Crippen LogP contribution in [-0.2, 0) is 17.7 Å².